The molecule has 2 unspecified atom stereocenters. The highest BCUT2D eigenvalue weighted by molar-refractivity contribution is 5.95. The van der Waals surface area contributed by atoms with Gasteiger partial charge in [-0.3, -0.25) is 0 Å². The first-order valence-corrected chi connectivity index (χ1v) is 7.17. The fourth-order valence-corrected chi connectivity index (χ4v) is 2.78. The standard InChI is InChI=1S/C16H23NO2/c1-3-12-5-4-6-13(10-12)19-16(18)14-9-11(2)7-8-15(14)17/h7-9,12-13H,3-6,10,17H2,1-2H3. The number of rotatable bonds is 3. The first kappa shape index (κ1) is 13.9. The Balaban J connectivity index is 2.02. The van der Waals surface area contributed by atoms with E-state index < -0.39 is 0 Å². The van der Waals surface area contributed by atoms with E-state index >= 15 is 0 Å². The molecule has 19 heavy (non-hydrogen) atoms. The van der Waals surface area contributed by atoms with Crippen LogP contribution in [0.4, 0.5) is 5.69 Å². The largest absolute Gasteiger partial charge is 0.459 e. The van der Waals surface area contributed by atoms with Gasteiger partial charge in [0.25, 0.3) is 0 Å². The molecule has 1 fully saturated rings. The van der Waals surface area contributed by atoms with Crippen molar-refractivity contribution in [1.82, 2.24) is 0 Å². The zero-order chi connectivity index (χ0) is 13.8. The number of nitrogens with two attached hydrogens (primary N) is 1. The second-order valence-corrected chi connectivity index (χ2v) is 5.56. The van der Waals surface area contributed by atoms with E-state index in [2.05, 4.69) is 6.92 Å². The number of carbonyl (C=O) groups is 1. The van der Waals surface area contributed by atoms with Gasteiger partial charge in [-0.15, -0.1) is 0 Å². The monoisotopic (exact) mass is 261 g/mol. The number of hydrogen-bond acceptors (Lipinski definition) is 3. The van der Waals surface area contributed by atoms with Crippen LogP contribution in [0.1, 0.15) is 54.9 Å². The van der Waals surface area contributed by atoms with Crippen molar-refractivity contribution in [2.45, 2.75) is 52.1 Å². The van der Waals surface area contributed by atoms with Gasteiger partial charge in [0.2, 0.25) is 0 Å². The van der Waals surface area contributed by atoms with Crippen LogP contribution in [-0.4, -0.2) is 12.1 Å². The van der Waals surface area contributed by atoms with E-state index in [1.807, 2.05) is 13.0 Å². The minimum absolute atomic E-state index is 0.0612. The Morgan fingerprint density at radius 3 is 2.95 bits per heavy atom. The van der Waals surface area contributed by atoms with Crippen LogP contribution < -0.4 is 5.73 Å². The molecule has 1 aromatic rings. The predicted octanol–water partition coefficient (Wildman–Crippen LogP) is 3.70. The highest BCUT2D eigenvalue weighted by Crippen LogP contribution is 2.29. The quantitative estimate of drug-likeness (QED) is 0.666. The number of aryl methyl sites for hydroxylation is 1. The molecule has 0 aliphatic heterocycles. The lowest BCUT2D eigenvalue weighted by Crippen LogP contribution is -2.25. The fraction of sp³-hybridized carbons (Fsp3) is 0.562. The third-order valence-corrected chi connectivity index (χ3v) is 4.01. The first-order chi connectivity index (χ1) is 9.10. The summed E-state index contributed by atoms with van der Waals surface area (Å²) in [5, 5.41) is 0. The van der Waals surface area contributed by atoms with Crippen LogP contribution in [0.3, 0.4) is 0 Å². The van der Waals surface area contributed by atoms with E-state index in [0.717, 1.165) is 24.8 Å². The highest BCUT2D eigenvalue weighted by atomic mass is 16.5. The van der Waals surface area contributed by atoms with Gasteiger partial charge in [0.15, 0.2) is 0 Å². The fourth-order valence-electron chi connectivity index (χ4n) is 2.78. The number of carbonyl (C=O) groups excluding carboxylic acids is 1. The number of benzene rings is 1. The van der Waals surface area contributed by atoms with Crippen molar-refractivity contribution in [2.24, 2.45) is 5.92 Å². The number of nitrogen functional groups attached to an aromatic ring is 1. The summed E-state index contributed by atoms with van der Waals surface area (Å²) in [4.78, 5) is 12.2. The third-order valence-electron chi connectivity index (χ3n) is 4.01. The molecule has 3 nitrogen and oxygen atoms in total. The van der Waals surface area contributed by atoms with Crippen molar-refractivity contribution < 1.29 is 9.53 Å². The molecule has 1 aliphatic rings. The Morgan fingerprint density at radius 1 is 1.42 bits per heavy atom. The predicted molar refractivity (Wildman–Crippen MR) is 77.0 cm³/mol. The maximum Gasteiger partial charge on any atom is 0.340 e. The first-order valence-electron chi connectivity index (χ1n) is 7.17. The molecule has 0 radical (unpaired) electrons. The van der Waals surface area contributed by atoms with E-state index in [9.17, 15) is 4.79 Å². The van der Waals surface area contributed by atoms with Gasteiger partial charge in [-0.05, 0) is 44.2 Å². The number of esters is 1. The van der Waals surface area contributed by atoms with Gasteiger partial charge in [0.05, 0.1) is 5.56 Å². The lowest BCUT2D eigenvalue weighted by Gasteiger charge is -2.28. The van der Waals surface area contributed by atoms with Crippen LogP contribution in [0.5, 0.6) is 0 Å². The van der Waals surface area contributed by atoms with Gasteiger partial charge in [0.1, 0.15) is 6.10 Å². The maximum absolute atomic E-state index is 12.2. The van der Waals surface area contributed by atoms with Crippen molar-refractivity contribution in [2.75, 3.05) is 5.73 Å². The topological polar surface area (TPSA) is 52.3 Å². The van der Waals surface area contributed by atoms with Gasteiger partial charge in [-0.2, -0.15) is 0 Å². The Kier molecular flexibility index (Phi) is 4.46. The lowest BCUT2D eigenvalue weighted by molar-refractivity contribution is 0.0141. The summed E-state index contributed by atoms with van der Waals surface area (Å²) in [6.07, 6.45) is 5.62. The smallest absolute Gasteiger partial charge is 0.340 e. The molecular formula is C16H23NO2. The van der Waals surface area contributed by atoms with Gasteiger partial charge in [0, 0.05) is 5.69 Å². The zero-order valence-electron chi connectivity index (χ0n) is 11.8. The van der Waals surface area contributed by atoms with E-state index in [0.29, 0.717) is 17.2 Å². The summed E-state index contributed by atoms with van der Waals surface area (Å²) < 4.78 is 5.63. The third kappa shape index (κ3) is 3.49. The number of anilines is 1. The number of hydrogen-bond donors (Lipinski definition) is 1. The van der Waals surface area contributed by atoms with Crippen LogP contribution in [0, 0.1) is 12.8 Å². The molecular weight excluding hydrogens is 238 g/mol. The second kappa shape index (κ2) is 6.09. The van der Waals surface area contributed by atoms with Crippen molar-refractivity contribution in [3.8, 4) is 0 Å². The molecule has 0 bridgehead atoms. The summed E-state index contributed by atoms with van der Waals surface area (Å²) in [5.74, 6) is 0.421. The molecule has 3 heteroatoms. The molecule has 0 amide bonds. The molecule has 0 heterocycles. The zero-order valence-corrected chi connectivity index (χ0v) is 11.8. The summed E-state index contributed by atoms with van der Waals surface area (Å²) in [6.45, 7) is 4.15. The molecule has 1 aromatic carbocycles. The molecule has 0 aromatic heterocycles. The minimum atomic E-state index is -0.275. The molecule has 2 N–H and O–H groups in total. The van der Waals surface area contributed by atoms with E-state index in [4.69, 9.17) is 10.5 Å². The second-order valence-electron chi connectivity index (χ2n) is 5.56. The average molecular weight is 261 g/mol. The maximum atomic E-state index is 12.2. The van der Waals surface area contributed by atoms with Crippen LogP contribution in [0.15, 0.2) is 18.2 Å². The van der Waals surface area contributed by atoms with E-state index in [-0.39, 0.29) is 12.1 Å². The van der Waals surface area contributed by atoms with E-state index in [1.165, 1.54) is 12.8 Å². The van der Waals surface area contributed by atoms with Crippen LogP contribution in [0.2, 0.25) is 0 Å². The van der Waals surface area contributed by atoms with Gasteiger partial charge in [-0.25, -0.2) is 4.79 Å². The van der Waals surface area contributed by atoms with Crippen molar-refractivity contribution in [3.05, 3.63) is 29.3 Å². The van der Waals surface area contributed by atoms with Crippen LogP contribution >= 0.6 is 0 Å². The Hall–Kier alpha value is -1.51. The lowest BCUT2D eigenvalue weighted by atomic mass is 9.85. The van der Waals surface area contributed by atoms with Crippen molar-refractivity contribution in [3.63, 3.8) is 0 Å². The van der Waals surface area contributed by atoms with Crippen LogP contribution in [0.25, 0.3) is 0 Å². The Morgan fingerprint density at radius 2 is 2.21 bits per heavy atom. The van der Waals surface area contributed by atoms with Gasteiger partial charge in [-0.1, -0.05) is 31.4 Å². The molecule has 2 rings (SSSR count). The Bertz CT molecular complexity index is 456. The molecule has 104 valence electrons. The SMILES string of the molecule is CCC1CCCC(OC(=O)c2cc(C)ccc2N)C1. The van der Waals surface area contributed by atoms with E-state index in [1.54, 1.807) is 12.1 Å². The number of ether oxygens (including phenoxy) is 1. The van der Waals surface area contributed by atoms with Gasteiger partial charge >= 0.3 is 5.97 Å². The van der Waals surface area contributed by atoms with Crippen molar-refractivity contribution in [1.29, 1.82) is 0 Å². The Labute approximate surface area is 115 Å². The summed E-state index contributed by atoms with van der Waals surface area (Å²) in [6, 6.07) is 5.47. The van der Waals surface area contributed by atoms with Crippen LogP contribution in [-0.2, 0) is 4.74 Å². The summed E-state index contributed by atoms with van der Waals surface area (Å²) >= 11 is 0. The summed E-state index contributed by atoms with van der Waals surface area (Å²) in [7, 11) is 0. The summed E-state index contributed by atoms with van der Waals surface area (Å²) in [5.41, 5.74) is 7.87. The highest BCUT2D eigenvalue weighted by Gasteiger charge is 2.24. The molecule has 2 atom stereocenters. The van der Waals surface area contributed by atoms with Gasteiger partial charge < -0.3 is 10.5 Å². The molecule has 0 spiro atoms. The molecule has 1 aliphatic carbocycles. The minimum Gasteiger partial charge on any atom is -0.459 e. The molecule has 0 saturated heterocycles. The average Bonchev–Trinajstić information content (AvgIpc) is 2.41. The normalized spacial score (nSPS) is 23.1. The molecule has 1 saturated carbocycles. The van der Waals surface area contributed by atoms with Crippen molar-refractivity contribution >= 4 is 11.7 Å².